The number of amides is 1. The summed E-state index contributed by atoms with van der Waals surface area (Å²) in [5.41, 5.74) is 2.05. The number of hydrogen-bond acceptors (Lipinski definition) is 4. The van der Waals surface area contributed by atoms with Crippen molar-refractivity contribution in [3.8, 4) is 5.82 Å². The van der Waals surface area contributed by atoms with Gasteiger partial charge in [0.2, 0.25) is 0 Å². The molecule has 1 amide bonds. The molecule has 0 unspecified atom stereocenters. The van der Waals surface area contributed by atoms with Gasteiger partial charge in [-0.1, -0.05) is 18.2 Å². The van der Waals surface area contributed by atoms with Crippen molar-refractivity contribution in [2.75, 3.05) is 5.32 Å². The maximum absolute atomic E-state index is 12.5. The smallest absolute Gasteiger partial charge is 0.275 e. The number of anilines is 1. The lowest BCUT2D eigenvalue weighted by Crippen LogP contribution is -2.16. The van der Waals surface area contributed by atoms with Crippen molar-refractivity contribution in [3.63, 3.8) is 0 Å². The van der Waals surface area contributed by atoms with Gasteiger partial charge < -0.3 is 5.32 Å². The van der Waals surface area contributed by atoms with Gasteiger partial charge in [-0.25, -0.2) is 4.98 Å². The lowest BCUT2D eigenvalue weighted by atomic mass is 10.2. The summed E-state index contributed by atoms with van der Waals surface area (Å²) in [5.74, 6) is 0.291. The molecule has 0 saturated heterocycles. The van der Waals surface area contributed by atoms with Crippen LogP contribution in [0.3, 0.4) is 0 Å². The molecule has 22 heavy (non-hydrogen) atoms. The van der Waals surface area contributed by atoms with Crippen molar-refractivity contribution in [2.24, 2.45) is 0 Å². The van der Waals surface area contributed by atoms with E-state index in [1.165, 1.54) is 12.7 Å². The summed E-state index contributed by atoms with van der Waals surface area (Å²) in [6, 6.07) is 11.1. The van der Waals surface area contributed by atoms with Crippen molar-refractivity contribution in [1.82, 2.24) is 19.7 Å². The number of para-hydroxylation sites is 1. The van der Waals surface area contributed by atoms with E-state index in [0.29, 0.717) is 16.0 Å². The van der Waals surface area contributed by atoms with Crippen molar-refractivity contribution in [2.45, 2.75) is 6.92 Å². The first-order valence-corrected chi connectivity index (χ1v) is 7.33. The fourth-order valence-electron chi connectivity index (χ4n) is 1.95. The van der Waals surface area contributed by atoms with Crippen LogP contribution in [0.2, 0.25) is 0 Å². The Morgan fingerprint density at radius 1 is 1.14 bits per heavy atom. The van der Waals surface area contributed by atoms with Crippen LogP contribution in [0.15, 0.2) is 53.5 Å². The van der Waals surface area contributed by atoms with Crippen LogP contribution in [0.1, 0.15) is 16.1 Å². The SMILES string of the molecule is Cc1ccccc1NC(=O)c1nc(-n2cnnc2)ccc1Br. The van der Waals surface area contributed by atoms with E-state index >= 15 is 0 Å². The van der Waals surface area contributed by atoms with Gasteiger partial charge in [-0.05, 0) is 46.6 Å². The molecule has 110 valence electrons. The highest BCUT2D eigenvalue weighted by Crippen LogP contribution is 2.20. The zero-order valence-electron chi connectivity index (χ0n) is 11.7. The quantitative estimate of drug-likeness (QED) is 0.781. The number of pyridine rings is 1. The van der Waals surface area contributed by atoms with Crippen molar-refractivity contribution in [3.05, 3.63) is 64.8 Å². The van der Waals surface area contributed by atoms with Gasteiger partial charge in [-0.2, -0.15) is 0 Å². The molecule has 0 atom stereocenters. The molecule has 0 saturated carbocycles. The summed E-state index contributed by atoms with van der Waals surface area (Å²) in [6.45, 7) is 1.94. The number of benzene rings is 1. The number of halogens is 1. The summed E-state index contributed by atoms with van der Waals surface area (Å²) in [5, 5.41) is 10.3. The lowest BCUT2D eigenvalue weighted by Gasteiger charge is -2.10. The van der Waals surface area contributed by atoms with Crippen LogP contribution in [0, 0.1) is 6.92 Å². The number of aromatic nitrogens is 4. The monoisotopic (exact) mass is 357 g/mol. The minimum atomic E-state index is -0.281. The molecule has 0 radical (unpaired) electrons. The minimum Gasteiger partial charge on any atom is -0.320 e. The fourth-order valence-corrected chi connectivity index (χ4v) is 2.35. The highest BCUT2D eigenvalue weighted by atomic mass is 79.9. The molecule has 0 bridgehead atoms. The van der Waals surface area contributed by atoms with E-state index in [9.17, 15) is 4.79 Å². The first-order chi connectivity index (χ1) is 10.6. The number of carbonyl (C=O) groups is 1. The lowest BCUT2D eigenvalue weighted by molar-refractivity contribution is 0.102. The predicted octanol–water partition coefficient (Wildman–Crippen LogP) is 2.99. The van der Waals surface area contributed by atoms with E-state index in [1.807, 2.05) is 31.2 Å². The Bertz CT molecular complexity index is 817. The van der Waals surface area contributed by atoms with Gasteiger partial charge in [0.25, 0.3) is 5.91 Å². The topological polar surface area (TPSA) is 72.7 Å². The Balaban J connectivity index is 1.92. The van der Waals surface area contributed by atoms with Crippen LogP contribution in [0.4, 0.5) is 5.69 Å². The summed E-state index contributed by atoms with van der Waals surface area (Å²) in [4.78, 5) is 16.8. The third-order valence-electron chi connectivity index (χ3n) is 3.12. The molecule has 2 heterocycles. The van der Waals surface area contributed by atoms with E-state index in [-0.39, 0.29) is 5.91 Å². The van der Waals surface area contributed by atoms with E-state index in [0.717, 1.165) is 11.3 Å². The van der Waals surface area contributed by atoms with Gasteiger partial charge in [0.1, 0.15) is 24.2 Å². The van der Waals surface area contributed by atoms with Crippen LogP contribution in [-0.4, -0.2) is 25.7 Å². The highest BCUT2D eigenvalue weighted by molar-refractivity contribution is 9.10. The van der Waals surface area contributed by atoms with Crippen molar-refractivity contribution in [1.29, 1.82) is 0 Å². The van der Waals surface area contributed by atoms with Crippen molar-refractivity contribution >= 4 is 27.5 Å². The largest absolute Gasteiger partial charge is 0.320 e. The summed E-state index contributed by atoms with van der Waals surface area (Å²) < 4.78 is 2.26. The van der Waals surface area contributed by atoms with E-state index < -0.39 is 0 Å². The van der Waals surface area contributed by atoms with Crippen LogP contribution >= 0.6 is 15.9 Å². The molecule has 3 aromatic rings. The zero-order chi connectivity index (χ0) is 15.5. The average Bonchev–Trinajstić information content (AvgIpc) is 3.04. The molecule has 0 fully saturated rings. The van der Waals surface area contributed by atoms with Crippen molar-refractivity contribution < 1.29 is 4.79 Å². The summed E-state index contributed by atoms with van der Waals surface area (Å²) in [7, 11) is 0. The summed E-state index contributed by atoms with van der Waals surface area (Å²) >= 11 is 3.36. The fraction of sp³-hybridized carbons (Fsp3) is 0.0667. The van der Waals surface area contributed by atoms with Gasteiger partial charge in [0.05, 0.1) is 0 Å². The molecule has 1 N–H and O–H groups in total. The molecule has 0 aliphatic carbocycles. The molecule has 0 aliphatic heterocycles. The van der Waals surface area contributed by atoms with Crippen LogP contribution in [0.25, 0.3) is 5.82 Å². The normalized spacial score (nSPS) is 10.5. The standard InChI is InChI=1S/C15H12BrN5O/c1-10-4-2-3-5-12(10)19-15(22)14-11(16)6-7-13(20-14)21-8-17-18-9-21/h2-9H,1H3,(H,19,22). The number of carbonyl (C=O) groups excluding carboxylic acids is 1. The van der Waals surface area contributed by atoms with Gasteiger partial charge in [0.15, 0.2) is 0 Å². The third kappa shape index (κ3) is 2.89. The zero-order valence-corrected chi connectivity index (χ0v) is 13.3. The number of rotatable bonds is 3. The number of aryl methyl sites for hydroxylation is 1. The Morgan fingerprint density at radius 3 is 2.59 bits per heavy atom. The number of nitrogens with one attached hydrogen (secondary N) is 1. The third-order valence-corrected chi connectivity index (χ3v) is 3.76. The van der Waals surface area contributed by atoms with Gasteiger partial charge >= 0.3 is 0 Å². The first kappa shape index (κ1) is 14.4. The van der Waals surface area contributed by atoms with Gasteiger partial charge in [-0.15, -0.1) is 10.2 Å². The average molecular weight is 358 g/mol. The number of nitrogens with zero attached hydrogens (tertiary/aromatic N) is 4. The molecule has 0 spiro atoms. The maximum Gasteiger partial charge on any atom is 0.275 e. The Kier molecular flexibility index (Phi) is 3.97. The molecule has 3 rings (SSSR count). The van der Waals surface area contributed by atoms with E-state index in [4.69, 9.17) is 0 Å². The Hall–Kier alpha value is -2.54. The van der Waals surface area contributed by atoms with Gasteiger partial charge in [0, 0.05) is 10.2 Å². The molecule has 2 aromatic heterocycles. The highest BCUT2D eigenvalue weighted by Gasteiger charge is 2.14. The van der Waals surface area contributed by atoms with Gasteiger partial charge in [-0.3, -0.25) is 9.36 Å². The van der Waals surface area contributed by atoms with E-state index in [1.54, 1.807) is 16.7 Å². The minimum absolute atomic E-state index is 0.281. The molecule has 6 nitrogen and oxygen atoms in total. The molecular formula is C15H12BrN5O. The van der Waals surface area contributed by atoms with Crippen LogP contribution < -0.4 is 5.32 Å². The molecule has 7 heteroatoms. The second-order valence-electron chi connectivity index (χ2n) is 4.64. The second kappa shape index (κ2) is 6.07. The van der Waals surface area contributed by atoms with Crippen LogP contribution in [0.5, 0.6) is 0 Å². The maximum atomic E-state index is 12.5. The van der Waals surface area contributed by atoms with E-state index in [2.05, 4.69) is 36.4 Å². The predicted molar refractivity (Wildman–Crippen MR) is 86.0 cm³/mol. The Labute approximate surface area is 135 Å². The summed E-state index contributed by atoms with van der Waals surface area (Å²) in [6.07, 6.45) is 3.05. The first-order valence-electron chi connectivity index (χ1n) is 6.53. The molecule has 1 aromatic carbocycles. The number of hydrogen-bond donors (Lipinski definition) is 1. The van der Waals surface area contributed by atoms with Crippen LogP contribution in [-0.2, 0) is 0 Å². The Morgan fingerprint density at radius 2 is 1.86 bits per heavy atom. The second-order valence-corrected chi connectivity index (χ2v) is 5.49. The molecular weight excluding hydrogens is 346 g/mol. The molecule has 0 aliphatic rings.